The van der Waals surface area contributed by atoms with Crippen LogP contribution >= 0.6 is 0 Å². The molecule has 14 heavy (non-hydrogen) atoms. The topological polar surface area (TPSA) is 44.5 Å². The van der Waals surface area contributed by atoms with Crippen LogP contribution in [0.15, 0.2) is 24.3 Å². The maximum absolute atomic E-state index is 5.58. The standard InChI is InChI=1S/C11H17NO2/c1-9(2)14-11-6-4-3-5-10(11)13-8-7-12/h3-6,9H,7-8,12H2,1-2H3. The Balaban J connectivity index is 2.69. The molecule has 0 amide bonds. The van der Waals surface area contributed by atoms with Gasteiger partial charge in [0.2, 0.25) is 0 Å². The van der Waals surface area contributed by atoms with Crippen molar-refractivity contribution < 1.29 is 9.47 Å². The van der Waals surface area contributed by atoms with Crippen molar-refractivity contribution in [2.75, 3.05) is 13.2 Å². The first-order chi connectivity index (χ1) is 6.74. The minimum absolute atomic E-state index is 0.151. The molecule has 0 heterocycles. The largest absolute Gasteiger partial charge is 0.488 e. The molecule has 0 aliphatic heterocycles. The van der Waals surface area contributed by atoms with Crippen LogP contribution in [0, 0.1) is 0 Å². The quantitative estimate of drug-likeness (QED) is 0.779. The van der Waals surface area contributed by atoms with Crippen molar-refractivity contribution in [3.63, 3.8) is 0 Å². The lowest BCUT2D eigenvalue weighted by atomic mass is 10.3. The molecule has 1 aromatic carbocycles. The Kier molecular flexibility index (Phi) is 4.26. The van der Waals surface area contributed by atoms with E-state index in [1.165, 1.54) is 0 Å². The minimum Gasteiger partial charge on any atom is -0.488 e. The van der Waals surface area contributed by atoms with Crippen molar-refractivity contribution in [1.82, 2.24) is 0 Å². The highest BCUT2D eigenvalue weighted by Crippen LogP contribution is 2.27. The molecule has 0 bridgehead atoms. The van der Waals surface area contributed by atoms with E-state index in [-0.39, 0.29) is 6.10 Å². The number of para-hydroxylation sites is 2. The van der Waals surface area contributed by atoms with Crippen LogP contribution in [0.5, 0.6) is 11.5 Å². The van der Waals surface area contributed by atoms with E-state index in [0.29, 0.717) is 13.2 Å². The molecule has 0 unspecified atom stereocenters. The van der Waals surface area contributed by atoms with E-state index < -0.39 is 0 Å². The van der Waals surface area contributed by atoms with Crippen LogP contribution < -0.4 is 15.2 Å². The second-order valence-corrected chi connectivity index (χ2v) is 3.25. The summed E-state index contributed by atoms with van der Waals surface area (Å²) in [6, 6.07) is 7.62. The monoisotopic (exact) mass is 195 g/mol. The van der Waals surface area contributed by atoms with Gasteiger partial charge < -0.3 is 15.2 Å². The summed E-state index contributed by atoms with van der Waals surface area (Å²) in [7, 11) is 0. The first-order valence-electron chi connectivity index (χ1n) is 4.82. The maximum atomic E-state index is 5.58. The molecule has 3 heteroatoms. The van der Waals surface area contributed by atoms with E-state index >= 15 is 0 Å². The second kappa shape index (κ2) is 5.50. The SMILES string of the molecule is CC(C)Oc1ccccc1OCCN. The van der Waals surface area contributed by atoms with Gasteiger partial charge in [-0.15, -0.1) is 0 Å². The summed E-state index contributed by atoms with van der Waals surface area (Å²) in [5.41, 5.74) is 5.36. The van der Waals surface area contributed by atoms with Crippen molar-refractivity contribution in [3.05, 3.63) is 24.3 Å². The van der Waals surface area contributed by atoms with Gasteiger partial charge in [-0.1, -0.05) is 12.1 Å². The van der Waals surface area contributed by atoms with E-state index in [1.807, 2.05) is 38.1 Å². The Morgan fingerprint density at radius 1 is 1.21 bits per heavy atom. The van der Waals surface area contributed by atoms with Crippen molar-refractivity contribution in [2.45, 2.75) is 20.0 Å². The van der Waals surface area contributed by atoms with Crippen LogP contribution in [0.1, 0.15) is 13.8 Å². The van der Waals surface area contributed by atoms with Gasteiger partial charge in [-0.05, 0) is 26.0 Å². The van der Waals surface area contributed by atoms with Gasteiger partial charge in [0.1, 0.15) is 6.61 Å². The Labute approximate surface area is 84.8 Å². The second-order valence-electron chi connectivity index (χ2n) is 3.25. The molecule has 0 aliphatic rings. The van der Waals surface area contributed by atoms with E-state index in [0.717, 1.165) is 11.5 Å². The smallest absolute Gasteiger partial charge is 0.161 e. The summed E-state index contributed by atoms with van der Waals surface area (Å²) in [5, 5.41) is 0. The van der Waals surface area contributed by atoms with Gasteiger partial charge in [0, 0.05) is 6.54 Å². The number of hydrogen-bond donors (Lipinski definition) is 1. The van der Waals surface area contributed by atoms with Gasteiger partial charge in [0.25, 0.3) is 0 Å². The molecule has 0 aliphatic carbocycles. The van der Waals surface area contributed by atoms with Crippen LogP contribution in [0.2, 0.25) is 0 Å². The van der Waals surface area contributed by atoms with Crippen molar-refractivity contribution in [3.8, 4) is 11.5 Å². The van der Waals surface area contributed by atoms with Gasteiger partial charge in [-0.2, -0.15) is 0 Å². The summed E-state index contributed by atoms with van der Waals surface area (Å²) in [6.45, 7) is 4.99. The zero-order valence-electron chi connectivity index (χ0n) is 8.69. The fourth-order valence-electron chi connectivity index (χ4n) is 1.09. The molecule has 0 spiro atoms. The molecule has 1 aromatic rings. The van der Waals surface area contributed by atoms with Crippen LogP contribution in [-0.4, -0.2) is 19.3 Å². The number of benzene rings is 1. The van der Waals surface area contributed by atoms with Crippen LogP contribution in [0.4, 0.5) is 0 Å². The molecular weight excluding hydrogens is 178 g/mol. The lowest BCUT2D eigenvalue weighted by Gasteiger charge is -2.14. The zero-order valence-corrected chi connectivity index (χ0v) is 8.69. The van der Waals surface area contributed by atoms with Gasteiger partial charge in [0.15, 0.2) is 11.5 Å². The lowest BCUT2D eigenvalue weighted by Crippen LogP contribution is -2.12. The van der Waals surface area contributed by atoms with E-state index in [4.69, 9.17) is 15.2 Å². The zero-order chi connectivity index (χ0) is 10.4. The van der Waals surface area contributed by atoms with Crippen molar-refractivity contribution in [2.24, 2.45) is 5.73 Å². The van der Waals surface area contributed by atoms with Crippen LogP contribution in [0.3, 0.4) is 0 Å². The van der Waals surface area contributed by atoms with Crippen molar-refractivity contribution >= 4 is 0 Å². The fraction of sp³-hybridized carbons (Fsp3) is 0.455. The highest BCUT2D eigenvalue weighted by Gasteiger charge is 2.04. The maximum Gasteiger partial charge on any atom is 0.161 e. The lowest BCUT2D eigenvalue weighted by molar-refractivity contribution is 0.222. The Morgan fingerprint density at radius 2 is 1.86 bits per heavy atom. The minimum atomic E-state index is 0.151. The Hall–Kier alpha value is -1.22. The third kappa shape index (κ3) is 3.26. The highest BCUT2D eigenvalue weighted by molar-refractivity contribution is 5.39. The first kappa shape index (κ1) is 10.9. The summed E-state index contributed by atoms with van der Waals surface area (Å²) < 4.78 is 11.0. The Bertz CT molecular complexity index is 274. The average Bonchev–Trinajstić information content (AvgIpc) is 2.16. The van der Waals surface area contributed by atoms with Gasteiger partial charge in [0.05, 0.1) is 6.10 Å². The van der Waals surface area contributed by atoms with Gasteiger partial charge >= 0.3 is 0 Å². The normalized spacial score (nSPS) is 10.3. The third-order valence-electron chi connectivity index (χ3n) is 1.59. The molecule has 3 nitrogen and oxygen atoms in total. The molecule has 0 aromatic heterocycles. The molecule has 2 N–H and O–H groups in total. The predicted molar refractivity (Wildman–Crippen MR) is 56.8 cm³/mol. The number of rotatable bonds is 5. The van der Waals surface area contributed by atoms with E-state index in [9.17, 15) is 0 Å². The summed E-state index contributed by atoms with van der Waals surface area (Å²) in [6.07, 6.45) is 0.151. The van der Waals surface area contributed by atoms with Crippen LogP contribution in [-0.2, 0) is 0 Å². The molecule has 0 saturated heterocycles. The predicted octanol–water partition coefficient (Wildman–Crippen LogP) is 1.81. The fourth-order valence-corrected chi connectivity index (χ4v) is 1.09. The number of ether oxygens (including phenoxy) is 2. The summed E-state index contributed by atoms with van der Waals surface area (Å²) >= 11 is 0. The average molecular weight is 195 g/mol. The number of hydrogen-bond acceptors (Lipinski definition) is 3. The summed E-state index contributed by atoms with van der Waals surface area (Å²) in [5.74, 6) is 1.53. The van der Waals surface area contributed by atoms with Gasteiger partial charge in [-0.25, -0.2) is 0 Å². The first-order valence-corrected chi connectivity index (χ1v) is 4.82. The highest BCUT2D eigenvalue weighted by atomic mass is 16.5. The molecular formula is C11H17NO2. The molecule has 0 radical (unpaired) electrons. The Morgan fingerprint density at radius 3 is 2.43 bits per heavy atom. The molecule has 1 rings (SSSR count). The molecule has 0 fully saturated rings. The molecule has 78 valence electrons. The number of nitrogens with two attached hydrogens (primary N) is 1. The van der Waals surface area contributed by atoms with Gasteiger partial charge in [-0.3, -0.25) is 0 Å². The van der Waals surface area contributed by atoms with E-state index in [1.54, 1.807) is 0 Å². The van der Waals surface area contributed by atoms with Crippen molar-refractivity contribution in [1.29, 1.82) is 0 Å². The third-order valence-corrected chi connectivity index (χ3v) is 1.59. The summed E-state index contributed by atoms with van der Waals surface area (Å²) in [4.78, 5) is 0. The molecule has 0 atom stereocenters. The molecule has 0 saturated carbocycles. The van der Waals surface area contributed by atoms with Crippen LogP contribution in [0.25, 0.3) is 0 Å². The van der Waals surface area contributed by atoms with E-state index in [2.05, 4.69) is 0 Å².